The van der Waals surface area contributed by atoms with Crippen LogP contribution in [-0.4, -0.2) is 16.0 Å². The van der Waals surface area contributed by atoms with Gasteiger partial charge in [-0.1, -0.05) is 47.1 Å². The van der Waals surface area contributed by atoms with Crippen molar-refractivity contribution in [2.45, 2.75) is 23.5 Å². The molecule has 0 aliphatic carbocycles. The number of amides is 2. The number of aryl methyl sites for hydroxylation is 1. The summed E-state index contributed by atoms with van der Waals surface area (Å²) in [5.41, 5.74) is 1.28. The number of hydrogen-bond donors (Lipinski definition) is 0. The topological polar surface area (TPSA) is 50.5 Å². The number of halogens is 2. The van der Waals surface area contributed by atoms with E-state index in [1.54, 1.807) is 12.1 Å². The van der Waals surface area contributed by atoms with Gasteiger partial charge in [0.2, 0.25) is 0 Å². The lowest BCUT2D eigenvalue weighted by atomic mass is 10.2. The van der Waals surface area contributed by atoms with E-state index in [4.69, 9.17) is 16.0 Å². The molecule has 0 radical (unpaired) electrons. The molecule has 30 heavy (non-hydrogen) atoms. The van der Waals surface area contributed by atoms with E-state index in [-0.39, 0.29) is 22.0 Å². The van der Waals surface area contributed by atoms with E-state index >= 15 is 0 Å². The lowest BCUT2D eigenvalue weighted by Crippen LogP contribution is -2.28. The average Bonchev–Trinajstić information content (AvgIpc) is 3.25. The summed E-state index contributed by atoms with van der Waals surface area (Å²) < 4.78 is 19.8. The summed E-state index contributed by atoms with van der Waals surface area (Å²) >= 11 is 8.27. The third-order valence-corrected chi connectivity index (χ3v) is 6.56. The number of thioether (sulfide) groups is 1. The van der Waals surface area contributed by atoms with Crippen LogP contribution >= 0.6 is 35.1 Å². The Balaban J connectivity index is 1.49. The normalized spacial score (nSPS) is 15.4. The van der Waals surface area contributed by atoms with Crippen LogP contribution in [0.4, 0.5) is 9.18 Å². The summed E-state index contributed by atoms with van der Waals surface area (Å²) in [6, 6.07) is 15.8. The summed E-state index contributed by atoms with van der Waals surface area (Å²) in [6.45, 7) is 1.80. The van der Waals surface area contributed by atoms with Gasteiger partial charge in [0.1, 0.15) is 11.6 Å². The highest BCUT2D eigenvalue weighted by atomic mass is 35.5. The molecule has 1 saturated heterocycles. The first-order valence-corrected chi connectivity index (χ1v) is 10.9. The van der Waals surface area contributed by atoms with Gasteiger partial charge in [-0.3, -0.25) is 14.5 Å². The minimum absolute atomic E-state index is 0.109. The molecule has 1 fully saturated rings. The number of imide groups is 1. The van der Waals surface area contributed by atoms with Crippen LogP contribution in [-0.2, 0) is 11.3 Å². The molecule has 4 rings (SSSR count). The van der Waals surface area contributed by atoms with Gasteiger partial charge in [-0.15, -0.1) is 0 Å². The fraction of sp³-hybridized carbons (Fsp3) is 0.0909. The van der Waals surface area contributed by atoms with Crippen LogP contribution in [0.5, 0.6) is 0 Å². The van der Waals surface area contributed by atoms with Gasteiger partial charge in [0.25, 0.3) is 11.1 Å². The van der Waals surface area contributed by atoms with E-state index in [0.717, 1.165) is 21.6 Å². The molecule has 152 valence electrons. The van der Waals surface area contributed by atoms with Gasteiger partial charge in [-0.2, -0.15) is 0 Å². The third-order valence-electron chi connectivity index (χ3n) is 4.37. The molecule has 2 aromatic carbocycles. The molecule has 0 bridgehead atoms. The fourth-order valence-electron chi connectivity index (χ4n) is 2.80. The van der Waals surface area contributed by atoms with E-state index < -0.39 is 17.0 Å². The van der Waals surface area contributed by atoms with Crippen molar-refractivity contribution in [3.8, 4) is 0 Å². The monoisotopic (exact) mass is 459 g/mol. The SMILES string of the molecule is Cc1ccc(Sc2ccc(/C=C3\SC(=O)N(Cc4c(F)cccc4Cl)C3=O)o2)cc1. The van der Waals surface area contributed by atoms with E-state index in [9.17, 15) is 14.0 Å². The maximum Gasteiger partial charge on any atom is 0.293 e. The number of hydrogen-bond acceptors (Lipinski definition) is 5. The second kappa shape index (κ2) is 8.71. The second-order valence-corrected chi connectivity index (χ2v) is 9.02. The Bertz CT molecular complexity index is 1140. The Kier molecular flexibility index (Phi) is 6.04. The Labute approximate surface area is 186 Å². The Morgan fingerprint density at radius 1 is 1.13 bits per heavy atom. The molecule has 8 heteroatoms. The molecule has 1 aromatic heterocycles. The smallest absolute Gasteiger partial charge is 0.293 e. The van der Waals surface area contributed by atoms with Gasteiger partial charge < -0.3 is 4.42 Å². The summed E-state index contributed by atoms with van der Waals surface area (Å²) in [5, 5.41) is 0.357. The van der Waals surface area contributed by atoms with Gasteiger partial charge in [-0.05, 0) is 55.1 Å². The van der Waals surface area contributed by atoms with Gasteiger partial charge in [0, 0.05) is 21.6 Å². The molecule has 0 N–H and O–H groups in total. The van der Waals surface area contributed by atoms with Crippen LogP contribution in [0.2, 0.25) is 5.02 Å². The van der Waals surface area contributed by atoms with E-state index in [2.05, 4.69) is 0 Å². The van der Waals surface area contributed by atoms with Crippen LogP contribution in [0, 0.1) is 12.7 Å². The number of carbonyl (C=O) groups excluding carboxylic acids is 2. The van der Waals surface area contributed by atoms with Crippen molar-refractivity contribution in [1.29, 1.82) is 0 Å². The van der Waals surface area contributed by atoms with Crippen LogP contribution < -0.4 is 0 Å². The zero-order valence-corrected chi connectivity index (χ0v) is 18.1. The molecule has 0 spiro atoms. The summed E-state index contributed by atoms with van der Waals surface area (Å²) in [7, 11) is 0. The quantitative estimate of drug-likeness (QED) is 0.394. The van der Waals surface area contributed by atoms with Crippen molar-refractivity contribution in [1.82, 2.24) is 4.90 Å². The van der Waals surface area contributed by atoms with Gasteiger partial charge >= 0.3 is 0 Å². The molecule has 0 unspecified atom stereocenters. The highest BCUT2D eigenvalue weighted by Crippen LogP contribution is 2.36. The van der Waals surface area contributed by atoms with E-state index in [1.165, 1.54) is 41.6 Å². The lowest BCUT2D eigenvalue weighted by Gasteiger charge is -2.14. The standard InChI is InChI=1S/C22H15ClFNO3S2/c1-13-5-8-15(9-6-13)29-20-10-7-14(28-20)11-19-21(26)25(22(27)30-19)12-16-17(23)3-2-4-18(16)24/h2-11H,12H2,1H3/b19-11-. The second-order valence-electron chi connectivity index (χ2n) is 6.54. The molecule has 2 amide bonds. The predicted octanol–water partition coefficient (Wildman–Crippen LogP) is 6.77. The number of benzene rings is 2. The number of rotatable bonds is 5. The maximum atomic E-state index is 14.0. The fourth-order valence-corrected chi connectivity index (χ4v) is 4.62. The predicted molar refractivity (Wildman–Crippen MR) is 117 cm³/mol. The van der Waals surface area contributed by atoms with Gasteiger partial charge in [0.15, 0.2) is 5.09 Å². The molecule has 0 saturated carbocycles. The summed E-state index contributed by atoms with van der Waals surface area (Å²) in [4.78, 5) is 27.2. The van der Waals surface area contributed by atoms with E-state index in [0.29, 0.717) is 10.9 Å². The third kappa shape index (κ3) is 4.48. The Morgan fingerprint density at radius 3 is 2.63 bits per heavy atom. The summed E-state index contributed by atoms with van der Waals surface area (Å²) in [5.74, 6) is -0.609. The van der Waals surface area contributed by atoms with Crippen molar-refractivity contribution in [3.05, 3.63) is 87.2 Å². The molecular formula is C22H15ClFNO3S2. The zero-order chi connectivity index (χ0) is 21.3. The van der Waals surface area contributed by atoms with Crippen molar-refractivity contribution in [2.24, 2.45) is 0 Å². The van der Waals surface area contributed by atoms with Crippen LogP contribution in [0.15, 0.2) is 73.9 Å². The van der Waals surface area contributed by atoms with Gasteiger partial charge in [0.05, 0.1) is 11.4 Å². The van der Waals surface area contributed by atoms with Crippen LogP contribution in [0.1, 0.15) is 16.9 Å². The van der Waals surface area contributed by atoms with Gasteiger partial charge in [-0.25, -0.2) is 4.39 Å². The van der Waals surface area contributed by atoms with E-state index in [1.807, 2.05) is 31.2 Å². The molecule has 0 atom stereocenters. The first kappa shape index (κ1) is 20.8. The number of carbonyl (C=O) groups is 2. The molecule has 1 aliphatic heterocycles. The molecular weight excluding hydrogens is 445 g/mol. The largest absolute Gasteiger partial charge is 0.450 e. The average molecular weight is 460 g/mol. The molecule has 1 aliphatic rings. The van der Waals surface area contributed by atoms with Crippen molar-refractivity contribution < 1.29 is 18.4 Å². The Morgan fingerprint density at radius 2 is 1.90 bits per heavy atom. The minimum atomic E-state index is -0.561. The highest BCUT2D eigenvalue weighted by Gasteiger charge is 2.36. The Hall–Kier alpha value is -2.48. The summed E-state index contributed by atoms with van der Waals surface area (Å²) in [6.07, 6.45) is 1.52. The van der Waals surface area contributed by atoms with Crippen LogP contribution in [0.3, 0.4) is 0 Å². The first-order valence-electron chi connectivity index (χ1n) is 8.93. The first-order chi connectivity index (χ1) is 14.4. The maximum absolute atomic E-state index is 14.0. The zero-order valence-electron chi connectivity index (χ0n) is 15.7. The molecule has 4 nitrogen and oxygen atoms in total. The minimum Gasteiger partial charge on any atom is -0.450 e. The molecule has 3 aromatic rings. The van der Waals surface area contributed by atoms with Crippen molar-refractivity contribution >= 4 is 52.3 Å². The number of furan rings is 1. The van der Waals surface area contributed by atoms with Crippen molar-refractivity contribution in [2.75, 3.05) is 0 Å². The molecule has 2 heterocycles. The highest BCUT2D eigenvalue weighted by molar-refractivity contribution is 8.18. The van der Waals surface area contributed by atoms with Crippen molar-refractivity contribution in [3.63, 3.8) is 0 Å². The number of nitrogens with zero attached hydrogens (tertiary/aromatic N) is 1. The van der Waals surface area contributed by atoms with Crippen LogP contribution in [0.25, 0.3) is 6.08 Å². The lowest BCUT2D eigenvalue weighted by molar-refractivity contribution is -0.123.